The summed E-state index contributed by atoms with van der Waals surface area (Å²) in [6.45, 7) is 0. The maximum absolute atomic E-state index is 13.5. The highest BCUT2D eigenvalue weighted by Crippen LogP contribution is 2.35. The van der Waals surface area contributed by atoms with Crippen LogP contribution in [0.1, 0.15) is 12.0 Å². The Bertz CT molecular complexity index is 874. The summed E-state index contributed by atoms with van der Waals surface area (Å²) in [6, 6.07) is 9.08. The summed E-state index contributed by atoms with van der Waals surface area (Å²) in [5.74, 6) is -0.850. The molecular weight excluding hydrogens is 421 g/mol. The Hall–Kier alpha value is -2.94. The minimum Gasteiger partial charge on any atom is -0.493 e. The van der Waals surface area contributed by atoms with E-state index in [4.69, 9.17) is 9.47 Å². The van der Waals surface area contributed by atoms with Gasteiger partial charge in [0.25, 0.3) is 0 Å². The number of halogens is 2. The van der Waals surface area contributed by atoms with E-state index in [-0.39, 0.29) is 5.69 Å². The predicted molar refractivity (Wildman–Crippen MR) is 103 cm³/mol. The number of ether oxygens (including phenoxy) is 2. The molecule has 0 saturated heterocycles. The van der Waals surface area contributed by atoms with Gasteiger partial charge in [-0.2, -0.15) is 5.10 Å². The van der Waals surface area contributed by atoms with Crippen molar-refractivity contribution in [1.29, 1.82) is 0 Å². The van der Waals surface area contributed by atoms with Crippen LogP contribution in [0.15, 0.2) is 46.0 Å². The van der Waals surface area contributed by atoms with Crippen LogP contribution in [0.25, 0.3) is 0 Å². The number of hydrazone groups is 1. The number of hydrogen-bond acceptors (Lipinski definition) is 5. The number of carbonyl (C=O) groups excluding carboxylic acids is 2. The number of methoxy groups -OCH3 is 2. The standard InChI is InChI=1S/C18H17BrFN3O4/c1-26-15-8-11(7-12(19)18(15)27-2)10-21-23-17(25)9-16(24)22-14-6-4-3-5-13(14)20/h3-8,10H,9H2,1-2H3,(H,22,24)(H,23,25). The van der Waals surface area contributed by atoms with E-state index < -0.39 is 24.1 Å². The van der Waals surface area contributed by atoms with Crippen molar-refractivity contribution in [3.8, 4) is 11.5 Å². The Balaban J connectivity index is 1.92. The van der Waals surface area contributed by atoms with Crippen molar-refractivity contribution in [2.24, 2.45) is 5.10 Å². The Labute approximate surface area is 163 Å². The van der Waals surface area contributed by atoms with Crippen LogP contribution in [0, 0.1) is 5.82 Å². The lowest BCUT2D eigenvalue weighted by molar-refractivity contribution is -0.126. The Morgan fingerprint density at radius 2 is 1.93 bits per heavy atom. The second kappa shape index (κ2) is 9.67. The van der Waals surface area contributed by atoms with Crippen molar-refractivity contribution >= 4 is 39.6 Å². The number of para-hydroxylation sites is 1. The van der Waals surface area contributed by atoms with Gasteiger partial charge in [-0.15, -0.1) is 0 Å². The van der Waals surface area contributed by atoms with E-state index in [1.54, 1.807) is 18.2 Å². The topological polar surface area (TPSA) is 89.0 Å². The van der Waals surface area contributed by atoms with Crippen molar-refractivity contribution < 1.29 is 23.5 Å². The molecule has 2 rings (SSSR count). The third kappa shape index (κ3) is 5.78. The number of amides is 2. The molecule has 0 radical (unpaired) electrons. The lowest BCUT2D eigenvalue weighted by Gasteiger charge is -2.10. The predicted octanol–water partition coefficient (Wildman–Crippen LogP) is 3.08. The molecule has 0 aliphatic carbocycles. The summed E-state index contributed by atoms with van der Waals surface area (Å²) < 4.78 is 24.5. The molecule has 0 saturated carbocycles. The van der Waals surface area contributed by atoms with Crippen LogP contribution in [0.5, 0.6) is 11.5 Å². The van der Waals surface area contributed by atoms with Crippen LogP contribution in [-0.4, -0.2) is 32.2 Å². The van der Waals surface area contributed by atoms with E-state index in [9.17, 15) is 14.0 Å². The molecule has 0 fully saturated rings. The van der Waals surface area contributed by atoms with E-state index in [1.165, 1.54) is 38.6 Å². The summed E-state index contributed by atoms with van der Waals surface area (Å²) >= 11 is 3.35. The van der Waals surface area contributed by atoms with Crippen LogP contribution in [-0.2, 0) is 9.59 Å². The van der Waals surface area contributed by atoms with Gasteiger partial charge in [-0.1, -0.05) is 12.1 Å². The van der Waals surface area contributed by atoms with Crippen LogP contribution < -0.4 is 20.2 Å². The van der Waals surface area contributed by atoms with Gasteiger partial charge in [0.15, 0.2) is 11.5 Å². The summed E-state index contributed by atoms with van der Waals surface area (Å²) in [6.07, 6.45) is 0.890. The molecule has 9 heteroatoms. The second-order valence-corrected chi connectivity index (χ2v) is 6.09. The lowest BCUT2D eigenvalue weighted by atomic mass is 10.2. The molecule has 2 aromatic carbocycles. The van der Waals surface area contributed by atoms with Crippen LogP contribution >= 0.6 is 15.9 Å². The monoisotopic (exact) mass is 437 g/mol. The van der Waals surface area contributed by atoms with Gasteiger partial charge < -0.3 is 14.8 Å². The van der Waals surface area contributed by atoms with Gasteiger partial charge in [-0.05, 0) is 45.8 Å². The molecule has 0 atom stereocenters. The van der Waals surface area contributed by atoms with Gasteiger partial charge >= 0.3 is 0 Å². The molecule has 2 N–H and O–H groups in total. The average molecular weight is 438 g/mol. The largest absolute Gasteiger partial charge is 0.493 e. The zero-order chi connectivity index (χ0) is 19.8. The SMILES string of the molecule is COc1cc(C=NNC(=O)CC(=O)Nc2ccccc2F)cc(Br)c1OC. The van der Waals surface area contributed by atoms with Crippen molar-refractivity contribution in [3.63, 3.8) is 0 Å². The molecule has 0 heterocycles. The number of anilines is 1. The summed E-state index contributed by atoms with van der Waals surface area (Å²) in [5.41, 5.74) is 2.88. The molecule has 142 valence electrons. The molecular formula is C18H17BrFN3O4. The number of nitrogens with one attached hydrogen (secondary N) is 2. The summed E-state index contributed by atoms with van der Waals surface area (Å²) in [7, 11) is 3.02. The molecule has 0 aliphatic rings. The van der Waals surface area contributed by atoms with Gasteiger partial charge in [0.05, 0.1) is 30.6 Å². The molecule has 0 spiro atoms. The molecule has 27 heavy (non-hydrogen) atoms. The van der Waals surface area contributed by atoms with Crippen molar-refractivity contribution in [1.82, 2.24) is 5.43 Å². The quantitative estimate of drug-likeness (QED) is 0.395. The van der Waals surface area contributed by atoms with Gasteiger partial charge in [0.1, 0.15) is 12.2 Å². The van der Waals surface area contributed by atoms with E-state index in [0.29, 0.717) is 21.5 Å². The number of hydrogen-bond donors (Lipinski definition) is 2. The normalized spacial score (nSPS) is 10.5. The van der Waals surface area contributed by atoms with Crippen LogP contribution in [0.4, 0.5) is 10.1 Å². The molecule has 0 unspecified atom stereocenters. The first-order valence-electron chi connectivity index (χ1n) is 7.72. The molecule has 0 aromatic heterocycles. The van der Waals surface area contributed by atoms with Crippen molar-refractivity contribution in [2.75, 3.05) is 19.5 Å². The van der Waals surface area contributed by atoms with Crippen molar-refractivity contribution in [2.45, 2.75) is 6.42 Å². The molecule has 2 aromatic rings. The number of benzene rings is 2. The van der Waals surface area contributed by atoms with E-state index in [0.717, 1.165) is 0 Å². The van der Waals surface area contributed by atoms with Gasteiger partial charge in [0.2, 0.25) is 11.8 Å². The van der Waals surface area contributed by atoms with Gasteiger partial charge in [-0.3, -0.25) is 9.59 Å². The second-order valence-electron chi connectivity index (χ2n) is 5.24. The first-order valence-corrected chi connectivity index (χ1v) is 8.51. The molecule has 0 aliphatic heterocycles. The van der Waals surface area contributed by atoms with Gasteiger partial charge in [0, 0.05) is 0 Å². The van der Waals surface area contributed by atoms with Gasteiger partial charge in [-0.25, -0.2) is 9.82 Å². The fourth-order valence-corrected chi connectivity index (χ4v) is 2.76. The number of carbonyl (C=O) groups is 2. The third-order valence-electron chi connectivity index (χ3n) is 3.33. The van der Waals surface area contributed by atoms with Crippen LogP contribution in [0.2, 0.25) is 0 Å². The Kier molecular flexibility index (Phi) is 7.30. The Morgan fingerprint density at radius 1 is 1.19 bits per heavy atom. The third-order valence-corrected chi connectivity index (χ3v) is 3.92. The zero-order valence-electron chi connectivity index (χ0n) is 14.6. The maximum Gasteiger partial charge on any atom is 0.249 e. The van der Waals surface area contributed by atoms with E-state index in [2.05, 4.69) is 31.8 Å². The molecule has 2 amide bonds. The fraction of sp³-hybridized carbons (Fsp3) is 0.167. The minimum absolute atomic E-state index is 0.00831. The number of rotatable bonds is 7. The first kappa shape index (κ1) is 20.4. The summed E-state index contributed by atoms with van der Waals surface area (Å²) in [4.78, 5) is 23.6. The fourth-order valence-electron chi connectivity index (χ4n) is 2.13. The molecule has 7 nitrogen and oxygen atoms in total. The Morgan fingerprint density at radius 3 is 2.59 bits per heavy atom. The highest BCUT2D eigenvalue weighted by molar-refractivity contribution is 9.10. The number of nitrogens with zero attached hydrogens (tertiary/aromatic N) is 1. The summed E-state index contributed by atoms with van der Waals surface area (Å²) in [5, 5.41) is 6.12. The smallest absolute Gasteiger partial charge is 0.249 e. The zero-order valence-corrected chi connectivity index (χ0v) is 16.2. The first-order chi connectivity index (χ1) is 12.9. The van der Waals surface area contributed by atoms with Crippen molar-refractivity contribution in [3.05, 3.63) is 52.3 Å². The minimum atomic E-state index is -0.651. The van der Waals surface area contributed by atoms with E-state index in [1.807, 2.05) is 0 Å². The lowest BCUT2D eigenvalue weighted by Crippen LogP contribution is -2.24. The molecule has 0 bridgehead atoms. The average Bonchev–Trinajstić information content (AvgIpc) is 2.63. The maximum atomic E-state index is 13.5. The van der Waals surface area contributed by atoms with E-state index >= 15 is 0 Å². The highest BCUT2D eigenvalue weighted by atomic mass is 79.9. The van der Waals surface area contributed by atoms with Crippen LogP contribution in [0.3, 0.4) is 0 Å². The highest BCUT2D eigenvalue weighted by Gasteiger charge is 2.12.